The zero-order valence-corrected chi connectivity index (χ0v) is 24.1. The second-order valence-electron chi connectivity index (χ2n) is 11.7. The molecule has 2 atom stereocenters. The Bertz CT molecular complexity index is 1110. The molecule has 6 rings (SSSR count). The highest BCUT2D eigenvalue weighted by Gasteiger charge is 2.47. The van der Waals surface area contributed by atoms with E-state index in [-0.39, 0.29) is 35.5 Å². The summed E-state index contributed by atoms with van der Waals surface area (Å²) >= 11 is 6.02. The van der Waals surface area contributed by atoms with Gasteiger partial charge in [-0.2, -0.15) is 4.31 Å². The van der Waals surface area contributed by atoms with Gasteiger partial charge in [-0.15, -0.1) is 0 Å². The third-order valence-electron chi connectivity index (χ3n) is 9.29. The molecule has 1 aromatic rings. The lowest BCUT2D eigenvalue weighted by atomic mass is 9.96. The highest BCUT2D eigenvalue weighted by Crippen LogP contribution is 2.43. The summed E-state index contributed by atoms with van der Waals surface area (Å²) in [7, 11) is -3.74. The molecule has 1 spiro atoms. The molecule has 1 amide bonds. The predicted octanol–water partition coefficient (Wildman–Crippen LogP) is 4.10. The first kappa shape index (κ1) is 27.7. The number of hydrogen-bond donors (Lipinski definition) is 0. The van der Waals surface area contributed by atoms with E-state index in [1.165, 1.54) is 0 Å². The van der Waals surface area contributed by atoms with E-state index < -0.39 is 10.0 Å². The van der Waals surface area contributed by atoms with Gasteiger partial charge in [0, 0.05) is 56.1 Å². The van der Waals surface area contributed by atoms with Crippen LogP contribution in [-0.2, 0) is 24.2 Å². The highest BCUT2D eigenvalue weighted by atomic mass is 35.5. The number of piperidine rings is 3. The number of ether oxygens (including phenoxy) is 3. The van der Waals surface area contributed by atoms with E-state index in [2.05, 4.69) is 4.90 Å². The molecule has 11 heteroatoms. The molecule has 4 aliphatic heterocycles. The monoisotopic (exact) mass is 581 g/mol. The number of nitrogens with zero attached hydrogens (tertiary/aromatic N) is 3. The molecule has 39 heavy (non-hydrogen) atoms. The zero-order chi connectivity index (χ0) is 27.0. The fourth-order valence-electron chi connectivity index (χ4n) is 6.96. The first-order chi connectivity index (χ1) is 18.8. The Balaban J connectivity index is 1.04. The van der Waals surface area contributed by atoms with Crippen LogP contribution in [0.25, 0.3) is 0 Å². The molecule has 1 aliphatic carbocycles. The minimum atomic E-state index is -3.74. The van der Waals surface area contributed by atoms with Crippen LogP contribution >= 0.6 is 11.6 Å². The average Bonchev–Trinajstić information content (AvgIpc) is 3.72. The van der Waals surface area contributed by atoms with Gasteiger partial charge in [0.25, 0.3) is 0 Å². The van der Waals surface area contributed by atoms with Crippen molar-refractivity contribution in [3.05, 3.63) is 29.3 Å². The van der Waals surface area contributed by atoms with Crippen molar-refractivity contribution < 1.29 is 27.4 Å². The van der Waals surface area contributed by atoms with Gasteiger partial charge in [0.15, 0.2) is 5.79 Å². The molecular weight excluding hydrogens is 542 g/mol. The maximum atomic E-state index is 13.8. The Morgan fingerprint density at radius 2 is 1.62 bits per heavy atom. The number of likely N-dealkylation sites (tertiary alicyclic amines) is 2. The zero-order valence-electron chi connectivity index (χ0n) is 22.5. The largest absolute Gasteiger partial charge is 0.448 e. The average molecular weight is 582 g/mol. The summed E-state index contributed by atoms with van der Waals surface area (Å²) in [6, 6.07) is 6.42. The minimum absolute atomic E-state index is 0.0393. The fraction of sp³-hybridized carbons (Fsp3) is 0.750. The van der Waals surface area contributed by atoms with Gasteiger partial charge in [-0.3, -0.25) is 4.90 Å². The fourth-order valence-corrected chi connectivity index (χ4v) is 9.00. The van der Waals surface area contributed by atoms with Crippen LogP contribution < -0.4 is 0 Å². The Labute approximate surface area is 236 Å². The summed E-state index contributed by atoms with van der Waals surface area (Å²) < 4.78 is 46.7. The van der Waals surface area contributed by atoms with Gasteiger partial charge in [0.2, 0.25) is 10.0 Å². The number of benzene rings is 1. The van der Waals surface area contributed by atoms with Crippen LogP contribution in [0.1, 0.15) is 57.8 Å². The SMILES string of the molecule is O=C(OC[C@H]1CCCC(C2CC2)N1S(=O)(=O)c1ccc(Cl)cc1)N1CCC(N2CCC3(CC2)OCCO3)CC1. The van der Waals surface area contributed by atoms with Crippen LogP contribution in [0.3, 0.4) is 0 Å². The van der Waals surface area contributed by atoms with E-state index in [0.29, 0.717) is 49.7 Å². The molecule has 1 aromatic carbocycles. The van der Waals surface area contributed by atoms with Crippen LogP contribution in [0, 0.1) is 5.92 Å². The van der Waals surface area contributed by atoms with Crippen LogP contribution in [0.5, 0.6) is 0 Å². The third-order valence-corrected chi connectivity index (χ3v) is 11.5. The van der Waals surface area contributed by atoms with Crippen LogP contribution in [0.15, 0.2) is 29.2 Å². The van der Waals surface area contributed by atoms with Crippen molar-refractivity contribution in [3.63, 3.8) is 0 Å². The first-order valence-corrected chi connectivity index (χ1v) is 16.4. The maximum absolute atomic E-state index is 13.8. The van der Waals surface area contributed by atoms with Crippen LogP contribution in [-0.4, -0.2) is 98.5 Å². The molecule has 0 aromatic heterocycles. The Morgan fingerprint density at radius 3 is 2.26 bits per heavy atom. The van der Waals surface area contributed by atoms with Gasteiger partial charge in [0.1, 0.15) is 6.61 Å². The van der Waals surface area contributed by atoms with E-state index in [0.717, 1.165) is 64.5 Å². The summed E-state index contributed by atoms with van der Waals surface area (Å²) in [6.07, 6.45) is 7.86. The van der Waals surface area contributed by atoms with Crippen molar-refractivity contribution in [1.29, 1.82) is 0 Å². The van der Waals surface area contributed by atoms with Gasteiger partial charge >= 0.3 is 6.09 Å². The van der Waals surface area contributed by atoms with Crippen LogP contribution in [0.4, 0.5) is 4.79 Å². The Hall–Kier alpha value is -1.43. The summed E-state index contributed by atoms with van der Waals surface area (Å²) in [6.45, 7) is 4.68. The van der Waals surface area contributed by atoms with Crippen molar-refractivity contribution in [1.82, 2.24) is 14.1 Å². The minimum Gasteiger partial charge on any atom is -0.448 e. The maximum Gasteiger partial charge on any atom is 0.409 e. The van der Waals surface area contributed by atoms with Crippen molar-refractivity contribution in [2.75, 3.05) is 46.0 Å². The van der Waals surface area contributed by atoms with Crippen molar-refractivity contribution in [2.24, 2.45) is 5.92 Å². The number of hydrogen-bond acceptors (Lipinski definition) is 7. The summed E-state index contributed by atoms with van der Waals surface area (Å²) in [5, 5.41) is 0.502. The second-order valence-corrected chi connectivity index (χ2v) is 14.0. The van der Waals surface area contributed by atoms with Crippen molar-refractivity contribution in [2.45, 2.75) is 86.6 Å². The molecule has 9 nitrogen and oxygen atoms in total. The quantitative estimate of drug-likeness (QED) is 0.500. The van der Waals surface area contributed by atoms with Gasteiger partial charge in [-0.25, -0.2) is 13.2 Å². The van der Waals surface area contributed by atoms with Crippen molar-refractivity contribution in [3.8, 4) is 0 Å². The van der Waals surface area contributed by atoms with E-state index in [1.807, 2.05) is 0 Å². The number of rotatable bonds is 6. The smallest absolute Gasteiger partial charge is 0.409 e. The van der Waals surface area contributed by atoms with Gasteiger partial charge in [-0.05, 0) is 68.7 Å². The van der Waals surface area contributed by atoms with Gasteiger partial charge < -0.3 is 19.1 Å². The topological polar surface area (TPSA) is 88.6 Å². The number of sulfonamides is 1. The number of halogens is 1. The van der Waals surface area contributed by atoms with Crippen LogP contribution in [0.2, 0.25) is 5.02 Å². The normalized spacial score (nSPS) is 29.1. The van der Waals surface area contributed by atoms with E-state index >= 15 is 0 Å². The lowest BCUT2D eigenvalue weighted by Crippen LogP contribution is -2.54. The summed E-state index contributed by atoms with van der Waals surface area (Å²) in [4.78, 5) is 17.6. The molecule has 0 bridgehead atoms. The molecular formula is C28H40ClN3O6S. The number of carbonyl (C=O) groups excluding carboxylic acids is 1. The number of amides is 1. The standard InChI is InChI=1S/C28H40ClN3O6S/c29-22-6-8-25(9-7-22)39(34,35)32-24(2-1-3-26(32)21-4-5-21)20-36-27(33)31-14-10-23(11-15-31)30-16-12-28(13-17-30)37-18-19-38-28/h6-9,21,23-24,26H,1-5,10-20H2/t24-,26?/m1/s1. The first-order valence-electron chi connectivity index (χ1n) is 14.6. The molecule has 5 aliphatic rings. The molecule has 4 heterocycles. The molecule has 1 saturated carbocycles. The molecule has 216 valence electrons. The predicted molar refractivity (Wildman–Crippen MR) is 146 cm³/mol. The third kappa shape index (κ3) is 5.97. The molecule has 4 saturated heterocycles. The Kier molecular flexibility index (Phi) is 8.14. The Morgan fingerprint density at radius 1 is 0.949 bits per heavy atom. The molecule has 1 unspecified atom stereocenters. The highest BCUT2D eigenvalue weighted by molar-refractivity contribution is 7.89. The summed E-state index contributed by atoms with van der Waals surface area (Å²) in [5.74, 6) is 0.0224. The van der Waals surface area contributed by atoms with E-state index in [4.69, 9.17) is 25.8 Å². The molecule has 5 fully saturated rings. The van der Waals surface area contributed by atoms with Gasteiger partial charge in [-0.1, -0.05) is 18.0 Å². The molecule has 0 N–H and O–H groups in total. The summed E-state index contributed by atoms with van der Waals surface area (Å²) in [5.41, 5.74) is 0. The van der Waals surface area contributed by atoms with Gasteiger partial charge in [0.05, 0.1) is 24.2 Å². The van der Waals surface area contributed by atoms with E-state index in [1.54, 1.807) is 33.5 Å². The second kappa shape index (κ2) is 11.4. The lowest BCUT2D eigenvalue weighted by Gasteiger charge is -2.44. The molecule has 0 radical (unpaired) electrons. The number of carbonyl (C=O) groups is 1. The van der Waals surface area contributed by atoms with E-state index in [9.17, 15) is 13.2 Å². The van der Waals surface area contributed by atoms with Crippen molar-refractivity contribution >= 4 is 27.7 Å². The lowest BCUT2D eigenvalue weighted by molar-refractivity contribution is -0.188.